The van der Waals surface area contributed by atoms with Gasteiger partial charge in [-0.25, -0.2) is 15.8 Å². The lowest BCUT2D eigenvalue weighted by molar-refractivity contribution is 0.413. The lowest BCUT2D eigenvalue weighted by Crippen LogP contribution is -2.11. The number of nitrogens with two attached hydrogens (primary N) is 1. The van der Waals surface area contributed by atoms with Gasteiger partial charge in [0.1, 0.15) is 12.1 Å². The number of anilines is 3. The molecular formula is C12H14ClN5O2. The topological polar surface area (TPSA) is 94.3 Å². The summed E-state index contributed by atoms with van der Waals surface area (Å²) in [7, 11) is 3.07. The number of ether oxygens (including phenoxy) is 2. The second kappa shape index (κ2) is 6.27. The van der Waals surface area contributed by atoms with Crippen molar-refractivity contribution in [3.63, 3.8) is 0 Å². The van der Waals surface area contributed by atoms with E-state index in [1.807, 2.05) is 0 Å². The summed E-state index contributed by atoms with van der Waals surface area (Å²) < 4.78 is 10.5. The number of aromatic nitrogens is 2. The fourth-order valence-electron chi connectivity index (χ4n) is 1.66. The third kappa shape index (κ3) is 2.84. The highest BCUT2D eigenvalue weighted by Crippen LogP contribution is 2.35. The van der Waals surface area contributed by atoms with Crippen LogP contribution in [0.2, 0.25) is 5.02 Å². The van der Waals surface area contributed by atoms with Gasteiger partial charge < -0.3 is 20.2 Å². The van der Waals surface area contributed by atoms with Gasteiger partial charge in [-0.2, -0.15) is 0 Å². The van der Waals surface area contributed by atoms with Gasteiger partial charge in [-0.05, 0) is 18.2 Å². The maximum Gasteiger partial charge on any atom is 0.205 e. The number of benzene rings is 1. The molecule has 0 fully saturated rings. The minimum atomic E-state index is 0.367. The number of nitrogen functional groups attached to an aromatic ring is 1. The maximum absolute atomic E-state index is 5.98. The van der Waals surface area contributed by atoms with Crippen LogP contribution in [0.15, 0.2) is 24.5 Å². The Kier molecular flexibility index (Phi) is 4.44. The standard InChI is InChI=1S/C12H14ClN5O2/c1-19-9-4-3-7(13)5-8(9)17-11-10(20-2)12(18-14)16-6-15-11/h3-6H,14H2,1-2H3,(H2,15,16,17,18). The Morgan fingerprint density at radius 1 is 1.15 bits per heavy atom. The van der Waals surface area contributed by atoms with Crippen LogP contribution >= 0.6 is 11.6 Å². The molecule has 8 heteroatoms. The van der Waals surface area contributed by atoms with Crippen LogP contribution in [-0.4, -0.2) is 24.2 Å². The molecular weight excluding hydrogens is 282 g/mol. The zero-order chi connectivity index (χ0) is 14.5. The lowest BCUT2D eigenvalue weighted by Gasteiger charge is -2.14. The van der Waals surface area contributed by atoms with E-state index in [4.69, 9.17) is 26.9 Å². The van der Waals surface area contributed by atoms with Crippen molar-refractivity contribution in [2.45, 2.75) is 0 Å². The SMILES string of the molecule is COc1ccc(Cl)cc1Nc1ncnc(NN)c1OC. The summed E-state index contributed by atoms with van der Waals surface area (Å²) in [4.78, 5) is 8.08. The van der Waals surface area contributed by atoms with Gasteiger partial charge in [0.15, 0.2) is 11.6 Å². The van der Waals surface area contributed by atoms with E-state index in [1.165, 1.54) is 13.4 Å². The number of methoxy groups -OCH3 is 2. The fraction of sp³-hybridized carbons (Fsp3) is 0.167. The van der Waals surface area contributed by atoms with Crippen LogP contribution in [0, 0.1) is 0 Å². The summed E-state index contributed by atoms with van der Waals surface area (Å²) in [5.41, 5.74) is 3.09. The summed E-state index contributed by atoms with van der Waals surface area (Å²) in [6, 6.07) is 5.20. The molecule has 7 nitrogen and oxygen atoms in total. The molecule has 1 heterocycles. The average molecular weight is 296 g/mol. The molecule has 0 atom stereocenters. The number of hydrogen-bond donors (Lipinski definition) is 3. The lowest BCUT2D eigenvalue weighted by atomic mass is 10.3. The smallest absolute Gasteiger partial charge is 0.205 e. The van der Waals surface area contributed by atoms with E-state index in [0.717, 1.165) is 0 Å². The van der Waals surface area contributed by atoms with Crippen molar-refractivity contribution >= 4 is 28.9 Å². The van der Waals surface area contributed by atoms with E-state index in [0.29, 0.717) is 33.8 Å². The molecule has 0 bridgehead atoms. The number of nitrogens with one attached hydrogen (secondary N) is 2. The molecule has 0 aliphatic rings. The Morgan fingerprint density at radius 2 is 1.90 bits per heavy atom. The third-order valence-corrected chi connectivity index (χ3v) is 2.79. The number of hydrazine groups is 1. The first-order valence-corrected chi connectivity index (χ1v) is 6.03. The Hall–Kier alpha value is -2.25. The molecule has 0 spiro atoms. The summed E-state index contributed by atoms with van der Waals surface area (Å²) in [5.74, 6) is 7.19. The maximum atomic E-state index is 5.98. The van der Waals surface area contributed by atoms with E-state index in [9.17, 15) is 0 Å². The van der Waals surface area contributed by atoms with E-state index in [-0.39, 0.29) is 0 Å². The summed E-state index contributed by atoms with van der Waals surface area (Å²) in [6.45, 7) is 0. The van der Waals surface area contributed by atoms with Crippen LogP contribution < -0.4 is 26.1 Å². The zero-order valence-corrected chi connectivity index (χ0v) is 11.7. The van der Waals surface area contributed by atoms with Crippen LogP contribution in [0.3, 0.4) is 0 Å². The van der Waals surface area contributed by atoms with Gasteiger partial charge in [-0.15, -0.1) is 0 Å². The average Bonchev–Trinajstić information content (AvgIpc) is 2.47. The van der Waals surface area contributed by atoms with E-state index < -0.39 is 0 Å². The van der Waals surface area contributed by atoms with Crippen LogP contribution in [0.1, 0.15) is 0 Å². The number of nitrogens with zero attached hydrogens (tertiary/aromatic N) is 2. The van der Waals surface area contributed by atoms with Gasteiger partial charge in [0.05, 0.1) is 19.9 Å². The van der Waals surface area contributed by atoms with E-state index in [2.05, 4.69) is 20.7 Å². The molecule has 1 aromatic carbocycles. The van der Waals surface area contributed by atoms with Gasteiger partial charge in [-0.1, -0.05) is 11.6 Å². The van der Waals surface area contributed by atoms with Crippen molar-refractivity contribution in [2.24, 2.45) is 5.84 Å². The molecule has 1 aromatic heterocycles. The van der Waals surface area contributed by atoms with Crippen LogP contribution in [0.5, 0.6) is 11.5 Å². The minimum absolute atomic E-state index is 0.367. The monoisotopic (exact) mass is 295 g/mol. The number of rotatable bonds is 5. The van der Waals surface area contributed by atoms with E-state index in [1.54, 1.807) is 25.3 Å². The van der Waals surface area contributed by atoms with E-state index >= 15 is 0 Å². The Balaban J connectivity index is 2.42. The van der Waals surface area contributed by atoms with Crippen LogP contribution in [-0.2, 0) is 0 Å². The highest BCUT2D eigenvalue weighted by Gasteiger charge is 2.13. The molecule has 106 valence electrons. The van der Waals surface area contributed by atoms with Crippen LogP contribution in [0.4, 0.5) is 17.3 Å². The van der Waals surface area contributed by atoms with Crippen molar-refractivity contribution in [3.05, 3.63) is 29.5 Å². The van der Waals surface area contributed by atoms with Gasteiger partial charge in [0.25, 0.3) is 0 Å². The highest BCUT2D eigenvalue weighted by atomic mass is 35.5. The first-order valence-electron chi connectivity index (χ1n) is 5.65. The molecule has 0 saturated carbocycles. The minimum Gasteiger partial charge on any atom is -0.495 e. The van der Waals surface area contributed by atoms with Crippen molar-refractivity contribution in [2.75, 3.05) is 25.0 Å². The predicted molar refractivity (Wildman–Crippen MR) is 77.7 cm³/mol. The normalized spacial score (nSPS) is 10.0. The summed E-state index contributed by atoms with van der Waals surface area (Å²) >= 11 is 5.98. The molecule has 2 rings (SSSR count). The quantitative estimate of drug-likeness (QED) is 0.575. The number of hydrogen-bond acceptors (Lipinski definition) is 7. The summed E-state index contributed by atoms with van der Waals surface area (Å²) in [6.07, 6.45) is 1.36. The van der Waals surface area contributed by atoms with Crippen molar-refractivity contribution in [1.29, 1.82) is 0 Å². The molecule has 2 aromatic rings. The molecule has 0 radical (unpaired) electrons. The van der Waals surface area contributed by atoms with Gasteiger partial charge in [0, 0.05) is 5.02 Å². The summed E-state index contributed by atoms with van der Waals surface area (Å²) in [5, 5.41) is 3.65. The fourth-order valence-corrected chi connectivity index (χ4v) is 1.84. The molecule has 0 aliphatic carbocycles. The second-order valence-corrected chi connectivity index (χ2v) is 4.15. The van der Waals surface area contributed by atoms with Crippen molar-refractivity contribution in [3.8, 4) is 11.5 Å². The molecule has 0 amide bonds. The number of halogens is 1. The molecule has 0 unspecified atom stereocenters. The Labute approximate surface area is 121 Å². The first-order chi connectivity index (χ1) is 9.69. The highest BCUT2D eigenvalue weighted by molar-refractivity contribution is 6.31. The van der Waals surface area contributed by atoms with Crippen LogP contribution in [0.25, 0.3) is 0 Å². The third-order valence-electron chi connectivity index (χ3n) is 2.56. The molecule has 0 aliphatic heterocycles. The van der Waals surface area contributed by atoms with Gasteiger partial charge in [0.2, 0.25) is 5.75 Å². The predicted octanol–water partition coefficient (Wildman–Crippen LogP) is 2.18. The van der Waals surface area contributed by atoms with Gasteiger partial charge >= 0.3 is 0 Å². The molecule has 20 heavy (non-hydrogen) atoms. The first kappa shape index (κ1) is 14.2. The van der Waals surface area contributed by atoms with Gasteiger partial charge in [-0.3, -0.25) is 0 Å². The van der Waals surface area contributed by atoms with Crippen molar-refractivity contribution < 1.29 is 9.47 Å². The molecule has 0 saturated heterocycles. The van der Waals surface area contributed by atoms with Crippen molar-refractivity contribution in [1.82, 2.24) is 9.97 Å². The largest absolute Gasteiger partial charge is 0.495 e. The Bertz CT molecular complexity index is 608. The second-order valence-electron chi connectivity index (χ2n) is 3.72. The zero-order valence-electron chi connectivity index (χ0n) is 11.0. The Morgan fingerprint density at radius 3 is 2.55 bits per heavy atom. The molecule has 4 N–H and O–H groups in total.